The predicted molar refractivity (Wildman–Crippen MR) is 199 cm³/mol. The maximum absolute atomic E-state index is 12.3. The Hall–Kier alpha value is -1.78. The lowest BCUT2D eigenvalue weighted by molar-refractivity contribution is -0.147. The third-order valence-electron chi connectivity index (χ3n) is 8.55. The molecule has 0 aliphatic rings. The summed E-state index contributed by atoms with van der Waals surface area (Å²) in [6, 6.07) is -1.55. The van der Waals surface area contributed by atoms with Crippen LogP contribution < -0.4 is 5.32 Å². The van der Waals surface area contributed by atoms with Gasteiger partial charge in [-0.15, -0.1) is 0 Å². The lowest BCUT2D eigenvalue weighted by atomic mass is 10.1. The van der Waals surface area contributed by atoms with E-state index in [1.165, 1.54) is 83.5 Å². The fourth-order valence-electron chi connectivity index (χ4n) is 5.43. The first-order valence-electron chi connectivity index (χ1n) is 19.7. The Kier molecular flexibility index (Phi) is 33.1. The maximum Gasteiger partial charge on any atom is 0.472 e. The highest BCUT2D eigenvalue weighted by molar-refractivity contribution is 7.47. The van der Waals surface area contributed by atoms with E-state index in [1.807, 2.05) is 0 Å². The normalized spacial score (nSPS) is 14.0. The Morgan fingerprint density at radius 3 is 1.52 bits per heavy atom. The number of amides is 1. The zero-order valence-electron chi connectivity index (χ0n) is 31.5. The van der Waals surface area contributed by atoms with Gasteiger partial charge in [0, 0.05) is 12.8 Å². The molecule has 0 heterocycles. The predicted octanol–water partition coefficient (Wildman–Crippen LogP) is 9.33. The molecule has 0 saturated carbocycles. The summed E-state index contributed by atoms with van der Waals surface area (Å²) < 4.78 is 26.7. The van der Waals surface area contributed by atoms with Gasteiger partial charge in [-0.1, -0.05) is 142 Å². The minimum Gasteiger partial charge on any atom is -0.480 e. The minimum absolute atomic E-state index is 0.138. The molecule has 0 spiro atoms. The quantitative estimate of drug-likeness (QED) is 0.0209. The smallest absolute Gasteiger partial charge is 0.472 e. The number of carboxylic acid groups (broad SMARTS) is 1. The molecule has 11 nitrogen and oxygen atoms in total. The Balaban J connectivity index is 3.96. The molecule has 0 rings (SSSR count). The number of phosphoric ester groups is 1. The molecule has 0 aliphatic carbocycles. The Labute approximate surface area is 303 Å². The van der Waals surface area contributed by atoms with Crippen LogP contribution >= 0.6 is 7.82 Å². The van der Waals surface area contributed by atoms with Crippen LogP contribution in [-0.4, -0.2) is 64.9 Å². The van der Waals surface area contributed by atoms with Crippen LogP contribution in [0.15, 0.2) is 12.2 Å². The van der Waals surface area contributed by atoms with E-state index in [1.54, 1.807) is 0 Å². The van der Waals surface area contributed by atoms with Crippen LogP contribution in [0.1, 0.15) is 181 Å². The van der Waals surface area contributed by atoms with Crippen molar-refractivity contribution in [2.45, 2.75) is 193 Å². The first kappa shape index (κ1) is 48.2. The average Bonchev–Trinajstić information content (AvgIpc) is 3.08. The standard InChI is InChI=1S/C38H72NO10P/c1-3-5-7-9-11-13-15-16-17-18-19-20-21-23-25-27-29-36(41)39-35(38(43)44)33-49-50(45,46)48-32-34(40)31-47-37(42)30-28-26-24-22-14-12-10-8-6-4-2/h17-18,34-35,40H,3-16,19-33H2,1-2H3,(H,39,41)(H,43,44)(H,45,46)/b18-17-. The summed E-state index contributed by atoms with van der Waals surface area (Å²) in [5.41, 5.74) is 0. The van der Waals surface area contributed by atoms with E-state index in [9.17, 15) is 34.1 Å². The number of allylic oxidation sites excluding steroid dienone is 2. The average molecular weight is 734 g/mol. The fraction of sp³-hybridized carbons (Fsp3) is 0.868. The summed E-state index contributed by atoms with van der Waals surface area (Å²) in [5, 5.41) is 21.7. The number of carboxylic acids is 1. The fourth-order valence-corrected chi connectivity index (χ4v) is 6.20. The van der Waals surface area contributed by atoms with Crippen LogP contribution in [0.2, 0.25) is 0 Å². The molecular weight excluding hydrogens is 661 g/mol. The molecule has 0 aromatic rings. The van der Waals surface area contributed by atoms with Crippen LogP contribution in [0.5, 0.6) is 0 Å². The molecule has 0 saturated heterocycles. The van der Waals surface area contributed by atoms with E-state index >= 15 is 0 Å². The van der Waals surface area contributed by atoms with E-state index in [0.29, 0.717) is 12.8 Å². The van der Waals surface area contributed by atoms with Gasteiger partial charge in [-0.25, -0.2) is 9.36 Å². The number of aliphatic hydroxyl groups is 1. The number of hydrogen-bond acceptors (Lipinski definition) is 8. The molecule has 0 aliphatic heterocycles. The van der Waals surface area contributed by atoms with Gasteiger partial charge in [0.1, 0.15) is 12.7 Å². The van der Waals surface area contributed by atoms with Crippen molar-refractivity contribution in [1.29, 1.82) is 0 Å². The molecule has 3 atom stereocenters. The van der Waals surface area contributed by atoms with Crippen molar-refractivity contribution < 1.29 is 47.8 Å². The maximum atomic E-state index is 12.3. The van der Waals surface area contributed by atoms with Crippen molar-refractivity contribution in [3.63, 3.8) is 0 Å². The number of hydrogen-bond donors (Lipinski definition) is 4. The van der Waals surface area contributed by atoms with E-state index in [4.69, 9.17) is 13.8 Å². The van der Waals surface area contributed by atoms with Crippen molar-refractivity contribution in [2.75, 3.05) is 19.8 Å². The number of nitrogens with one attached hydrogen (secondary N) is 1. The number of rotatable bonds is 37. The number of aliphatic carboxylic acids is 1. The first-order valence-corrected chi connectivity index (χ1v) is 21.2. The molecule has 0 radical (unpaired) electrons. The van der Waals surface area contributed by atoms with Crippen LogP contribution in [0, 0.1) is 0 Å². The van der Waals surface area contributed by atoms with Crippen LogP contribution in [0.25, 0.3) is 0 Å². The van der Waals surface area contributed by atoms with E-state index in [2.05, 4.69) is 31.3 Å². The second-order valence-corrected chi connectivity index (χ2v) is 14.9. The lowest BCUT2D eigenvalue weighted by Gasteiger charge is -2.18. The highest BCUT2D eigenvalue weighted by Crippen LogP contribution is 2.43. The Bertz CT molecular complexity index is 916. The monoisotopic (exact) mass is 733 g/mol. The summed E-state index contributed by atoms with van der Waals surface area (Å²) >= 11 is 0. The molecule has 1 amide bonds. The van der Waals surface area contributed by atoms with Crippen molar-refractivity contribution >= 4 is 25.7 Å². The molecule has 4 N–H and O–H groups in total. The number of esters is 1. The van der Waals surface area contributed by atoms with Crippen molar-refractivity contribution in [2.24, 2.45) is 0 Å². The number of unbranched alkanes of at least 4 members (excludes halogenated alkanes) is 21. The van der Waals surface area contributed by atoms with Crippen LogP contribution in [0.3, 0.4) is 0 Å². The molecule has 0 bridgehead atoms. The topological polar surface area (TPSA) is 169 Å². The van der Waals surface area contributed by atoms with Gasteiger partial charge in [-0.05, 0) is 38.5 Å². The number of carbonyl (C=O) groups excluding carboxylic acids is 2. The van der Waals surface area contributed by atoms with Crippen molar-refractivity contribution in [3.05, 3.63) is 12.2 Å². The van der Waals surface area contributed by atoms with Crippen LogP contribution in [0.4, 0.5) is 0 Å². The molecule has 0 fully saturated rings. The largest absolute Gasteiger partial charge is 0.480 e. The summed E-state index contributed by atoms with van der Waals surface area (Å²) in [4.78, 5) is 45.7. The minimum atomic E-state index is -4.75. The van der Waals surface area contributed by atoms with Gasteiger partial charge in [0.05, 0.1) is 13.2 Å². The summed E-state index contributed by atoms with van der Waals surface area (Å²) in [6.07, 6.45) is 31.0. The number of carbonyl (C=O) groups is 3. The molecule has 0 aromatic heterocycles. The lowest BCUT2D eigenvalue weighted by Crippen LogP contribution is -2.43. The Morgan fingerprint density at radius 2 is 1.04 bits per heavy atom. The summed E-state index contributed by atoms with van der Waals surface area (Å²) in [5.74, 6) is -2.38. The van der Waals surface area contributed by atoms with Gasteiger partial charge >= 0.3 is 19.8 Å². The molecule has 294 valence electrons. The van der Waals surface area contributed by atoms with Gasteiger partial charge in [0.15, 0.2) is 6.04 Å². The van der Waals surface area contributed by atoms with Gasteiger partial charge in [-0.2, -0.15) is 0 Å². The second kappa shape index (κ2) is 34.3. The molecule has 50 heavy (non-hydrogen) atoms. The molecule has 3 unspecified atom stereocenters. The zero-order valence-corrected chi connectivity index (χ0v) is 32.4. The number of phosphoric acid groups is 1. The number of ether oxygens (including phenoxy) is 1. The molecular formula is C38H72NO10P. The molecule has 12 heteroatoms. The van der Waals surface area contributed by atoms with Crippen molar-refractivity contribution in [3.8, 4) is 0 Å². The Morgan fingerprint density at radius 1 is 0.620 bits per heavy atom. The van der Waals surface area contributed by atoms with E-state index in [-0.39, 0.29) is 12.8 Å². The third kappa shape index (κ3) is 33.4. The second-order valence-electron chi connectivity index (χ2n) is 13.5. The van der Waals surface area contributed by atoms with Gasteiger partial charge in [-0.3, -0.25) is 18.6 Å². The zero-order chi connectivity index (χ0) is 37.1. The molecule has 0 aromatic carbocycles. The van der Waals surface area contributed by atoms with Gasteiger partial charge in [0.25, 0.3) is 0 Å². The summed E-state index contributed by atoms with van der Waals surface area (Å²) in [7, 11) is -4.75. The highest BCUT2D eigenvalue weighted by Gasteiger charge is 2.28. The van der Waals surface area contributed by atoms with Crippen molar-refractivity contribution in [1.82, 2.24) is 5.32 Å². The highest BCUT2D eigenvalue weighted by atomic mass is 31.2. The third-order valence-corrected chi connectivity index (χ3v) is 9.51. The van der Waals surface area contributed by atoms with Gasteiger partial charge in [0.2, 0.25) is 5.91 Å². The first-order chi connectivity index (χ1) is 24.1. The van der Waals surface area contributed by atoms with Crippen LogP contribution in [-0.2, 0) is 32.7 Å². The van der Waals surface area contributed by atoms with E-state index in [0.717, 1.165) is 57.8 Å². The van der Waals surface area contributed by atoms with E-state index < -0.39 is 57.6 Å². The SMILES string of the molecule is CCCCCCCCC/C=C\CCCCCCCC(=O)NC(COP(=O)(O)OCC(O)COC(=O)CCCCCCCCCCCC)C(=O)O. The summed E-state index contributed by atoms with van der Waals surface area (Å²) in [6.45, 7) is 2.56. The van der Waals surface area contributed by atoms with Gasteiger partial charge < -0.3 is 25.2 Å². The number of aliphatic hydroxyl groups excluding tert-OH is 1.